The van der Waals surface area contributed by atoms with Gasteiger partial charge in [0.2, 0.25) is 0 Å². The standard InChI is InChI=1S/C26H26ClN5O2S2/c1-3-29-10-12-30(13-11-29)23-19(24(33)31-15-17(2)8-9-22(31)28-23)14-21-25(34)32(26(35)36-21)16-18-6-4-5-7-20(18)27/h4-9,14-15H,3,10-13,16H2,1-2H3. The van der Waals surface area contributed by atoms with Crippen LogP contribution in [-0.4, -0.2) is 62.1 Å². The van der Waals surface area contributed by atoms with Gasteiger partial charge in [0, 0.05) is 37.4 Å². The predicted octanol–water partition coefficient (Wildman–Crippen LogP) is 4.20. The van der Waals surface area contributed by atoms with Crippen molar-refractivity contribution in [3.8, 4) is 0 Å². The smallest absolute Gasteiger partial charge is 0.267 e. The van der Waals surface area contributed by atoms with Crippen molar-refractivity contribution < 1.29 is 4.79 Å². The lowest BCUT2D eigenvalue weighted by atomic mass is 10.2. The molecule has 1 aromatic carbocycles. The van der Waals surface area contributed by atoms with Gasteiger partial charge in [-0.05, 0) is 42.8 Å². The first-order valence-corrected chi connectivity index (χ1v) is 13.4. The summed E-state index contributed by atoms with van der Waals surface area (Å²) in [5.74, 6) is 0.372. The molecule has 0 bridgehead atoms. The largest absolute Gasteiger partial charge is 0.353 e. The van der Waals surface area contributed by atoms with Gasteiger partial charge in [0.05, 0.1) is 17.0 Å². The van der Waals surface area contributed by atoms with Crippen LogP contribution in [0.4, 0.5) is 5.82 Å². The highest BCUT2D eigenvalue weighted by Gasteiger charge is 2.33. The zero-order chi connectivity index (χ0) is 25.4. The van der Waals surface area contributed by atoms with Crippen molar-refractivity contribution in [1.29, 1.82) is 0 Å². The van der Waals surface area contributed by atoms with Gasteiger partial charge >= 0.3 is 0 Å². The summed E-state index contributed by atoms with van der Waals surface area (Å²) < 4.78 is 1.99. The van der Waals surface area contributed by atoms with Crippen LogP contribution in [0.25, 0.3) is 11.7 Å². The number of rotatable bonds is 5. The first kappa shape index (κ1) is 25.0. The number of thiocarbonyl (C=S) groups is 1. The van der Waals surface area contributed by atoms with Crippen molar-refractivity contribution in [2.45, 2.75) is 20.4 Å². The van der Waals surface area contributed by atoms with E-state index in [0.29, 0.717) is 31.3 Å². The van der Waals surface area contributed by atoms with E-state index in [9.17, 15) is 9.59 Å². The Kier molecular flexibility index (Phi) is 7.16. The number of fused-ring (bicyclic) bond motifs is 1. The molecule has 3 aromatic rings. The van der Waals surface area contributed by atoms with E-state index in [4.69, 9.17) is 28.8 Å². The molecule has 2 aromatic heterocycles. The number of aryl methyl sites for hydroxylation is 1. The molecule has 186 valence electrons. The van der Waals surface area contributed by atoms with Crippen LogP contribution in [0, 0.1) is 6.92 Å². The van der Waals surface area contributed by atoms with Crippen LogP contribution in [0.1, 0.15) is 23.6 Å². The summed E-state index contributed by atoms with van der Waals surface area (Å²) in [5.41, 5.74) is 2.55. The van der Waals surface area contributed by atoms with Gasteiger partial charge in [0.15, 0.2) is 0 Å². The van der Waals surface area contributed by atoms with E-state index in [0.717, 1.165) is 43.9 Å². The summed E-state index contributed by atoms with van der Waals surface area (Å²) in [6, 6.07) is 11.2. The van der Waals surface area contributed by atoms with E-state index >= 15 is 0 Å². The van der Waals surface area contributed by atoms with Crippen LogP contribution in [0.2, 0.25) is 5.02 Å². The average molecular weight is 540 g/mol. The highest BCUT2D eigenvalue weighted by Crippen LogP contribution is 2.35. The molecule has 2 aliphatic heterocycles. The van der Waals surface area contributed by atoms with Gasteiger partial charge in [0.25, 0.3) is 11.5 Å². The summed E-state index contributed by atoms with van der Waals surface area (Å²) >= 11 is 13.1. The number of carbonyl (C=O) groups excluding carboxylic acids is 1. The van der Waals surface area contributed by atoms with Crippen molar-refractivity contribution in [1.82, 2.24) is 19.2 Å². The van der Waals surface area contributed by atoms with E-state index in [2.05, 4.69) is 16.7 Å². The van der Waals surface area contributed by atoms with Gasteiger partial charge in [-0.3, -0.25) is 18.9 Å². The molecule has 0 unspecified atom stereocenters. The molecule has 1 amide bonds. The maximum atomic E-state index is 13.7. The van der Waals surface area contributed by atoms with Crippen molar-refractivity contribution in [2.24, 2.45) is 0 Å². The molecule has 7 nitrogen and oxygen atoms in total. The Labute approximate surface area is 224 Å². The summed E-state index contributed by atoms with van der Waals surface area (Å²) in [5, 5.41) is 0.580. The van der Waals surface area contributed by atoms with Crippen LogP contribution >= 0.6 is 35.6 Å². The Morgan fingerprint density at radius 1 is 1.11 bits per heavy atom. The van der Waals surface area contributed by atoms with Crippen LogP contribution in [0.3, 0.4) is 0 Å². The fourth-order valence-electron chi connectivity index (χ4n) is 4.45. The van der Waals surface area contributed by atoms with Crippen LogP contribution in [0.15, 0.2) is 52.3 Å². The number of piperazine rings is 1. The van der Waals surface area contributed by atoms with Gasteiger partial charge in [-0.1, -0.05) is 66.8 Å². The second-order valence-corrected chi connectivity index (χ2v) is 11.0. The first-order valence-electron chi connectivity index (χ1n) is 11.8. The lowest BCUT2D eigenvalue weighted by Gasteiger charge is -2.35. The molecule has 5 rings (SSSR count). The minimum atomic E-state index is -0.236. The normalized spacial score (nSPS) is 18.1. The van der Waals surface area contributed by atoms with Crippen molar-refractivity contribution >= 4 is 63.3 Å². The van der Waals surface area contributed by atoms with E-state index in [1.807, 2.05) is 37.3 Å². The van der Waals surface area contributed by atoms with E-state index < -0.39 is 0 Å². The Morgan fingerprint density at radius 2 is 1.86 bits per heavy atom. The zero-order valence-electron chi connectivity index (χ0n) is 20.1. The number of hydrogen-bond acceptors (Lipinski definition) is 7. The van der Waals surface area contributed by atoms with Gasteiger partial charge in [-0.2, -0.15) is 0 Å². The maximum absolute atomic E-state index is 13.7. The molecule has 2 saturated heterocycles. The SMILES string of the molecule is CCN1CCN(c2nc3ccc(C)cn3c(=O)c2C=C2SC(=S)N(Cc3ccccc3Cl)C2=O)CC1. The molecule has 2 fully saturated rings. The Hall–Kier alpha value is -2.72. The van der Waals surface area contributed by atoms with Crippen molar-refractivity contribution in [2.75, 3.05) is 37.6 Å². The van der Waals surface area contributed by atoms with E-state index in [-0.39, 0.29) is 18.0 Å². The topological polar surface area (TPSA) is 61.2 Å². The molecule has 0 spiro atoms. The number of hydrogen-bond donors (Lipinski definition) is 0. The quantitative estimate of drug-likeness (QED) is 0.356. The summed E-state index contributed by atoms with van der Waals surface area (Å²) in [6.07, 6.45) is 3.45. The molecular formula is C26H26ClN5O2S2. The van der Waals surface area contributed by atoms with Crippen LogP contribution < -0.4 is 10.5 Å². The van der Waals surface area contributed by atoms with Crippen LogP contribution in [-0.2, 0) is 11.3 Å². The molecule has 10 heteroatoms. The van der Waals surface area contributed by atoms with E-state index in [1.54, 1.807) is 22.7 Å². The number of anilines is 1. The molecule has 0 saturated carbocycles. The third kappa shape index (κ3) is 4.80. The molecule has 4 heterocycles. The average Bonchev–Trinajstić information content (AvgIpc) is 3.14. The summed E-state index contributed by atoms with van der Waals surface area (Å²) in [4.78, 5) is 38.4. The Bertz CT molecular complexity index is 1450. The predicted molar refractivity (Wildman–Crippen MR) is 151 cm³/mol. The van der Waals surface area contributed by atoms with Gasteiger partial charge < -0.3 is 9.80 Å². The minimum Gasteiger partial charge on any atom is -0.353 e. The number of amides is 1. The second kappa shape index (κ2) is 10.3. The molecular weight excluding hydrogens is 514 g/mol. The number of thioether (sulfide) groups is 1. The number of carbonyl (C=O) groups is 1. The maximum Gasteiger partial charge on any atom is 0.267 e. The molecule has 36 heavy (non-hydrogen) atoms. The summed E-state index contributed by atoms with van der Waals surface area (Å²) in [6.45, 7) is 8.66. The molecule has 0 aliphatic carbocycles. The Balaban J connectivity index is 1.55. The van der Waals surface area contributed by atoms with Gasteiger partial charge in [-0.25, -0.2) is 4.98 Å². The fraction of sp³-hybridized carbons (Fsp3) is 0.308. The third-order valence-corrected chi connectivity index (χ3v) is 8.29. The zero-order valence-corrected chi connectivity index (χ0v) is 22.5. The molecule has 0 atom stereocenters. The highest BCUT2D eigenvalue weighted by atomic mass is 35.5. The number of aromatic nitrogens is 2. The second-order valence-electron chi connectivity index (χ2n) is 8.87. The van der Waals surface area contributed by atoms with Gasteiger partial charge in [-0.15, -0.1) is 0 Å². The Morgan fingerprint density at radius 3 is 2.58 bits per heavy atom. The molecule has 0 N–H and O–H groups in total. The lowest BCUT2D eigenvalue weighted by Crippen LogP contribution is -2.47. The lowest BCUT2D eigenvalue weighted by molar-refractivity contribution is -0.122. The number of pyridine rings is 1. The fourth-order valence-corrected chi connectivity index (χ4v) is 5.89. The van der Waals surface area contributed by atoms with Crippen LogP contribution in [0.5, 0.6) is 0 Å². The minimum absolute atomic E-state index is 0.201. The van der Waals surface area contributed by atoms with Crippen molar-refractivity contribution in [3.05, 3.63) is 79.6 Å². The number of halogens is 1. The highest BCUT2D eigenvalue weighted by molar-refractivity contribution is 8.26. The third-order valence-electron chi connectivity index (χ3n) is 6.54. The number of benzene rings is 1. The van der Waals surface area contributed by atoms with Crippen molar-refractivity contribution in [3.63, 3.8) is 0 Å². The van der Waals surface area contributed by atoms with E-state index in [1.165, 1.54) is 16.7 Å². The summed E-state index contributed by atoms with van der Waals surface area (Å²) in [7, 11) is 0. The number of likely N-dealkylation sites (N-methyl/N-ethyl adjacent to an activating group) is 1. The molecule has 2 aliphatic rings. The first-order chi connectivity index (χ1) is 17.4. The monoisotopic (exact) mass is 539 g/mol. The molecule has 0 radical (unpaired) electrons. The van der Waals surface area contributed by atoms with Gasteiger partial charge in [0.1, 0.15) is 15.8 Å². The number of nitrogens with zero attached hydrogens (tertiary/aromatic N) is 5.